The van der Waals surface area contributed by atoms with E-state index in [1.54, 1.807) is 12.1 Å². The molecule has 0 bridgehead atoms. The summed E-state index contributed by atoms with van der Waals surface area (Å²) in [6.45, 7) is 3.74. The van der Waals surface area contributed by atoms with Gasteiger partial charge in [-0.05, 0) is 36.9 Å². The predicted octanol–water partition coefficient (Wildman–Crippen LogP) is 2.49. The van der Waals surface area contributed by atoms with Crippen LogP contribution in [0.2, 0.25) is 0 Å². The maximum Gasteiger partial charge on any atom is 0.336 e. The minimum atomic E-state index is -0.845. The van der Waals surface area contributed by atoms with E-state index in [-0.39, 0.29) is 0 Å². The number of rotatable bonds is 5. The minimum absolute atomic E-state index is 0.416. The highest BCUT2D eigenvalue weighted by Crippen LogP contribution is 2.21. The van der Waals surface area contributed by atoms with Crippen LogP contribution < -0.4 is 0 Å². The number of piperidine rings is 1. The van der Waals surface area contributed by atoms with Crippen LogP contribution in [0.4, 0.5) is 0 Å². The molecule has 3 rings (SSSR count). The van der Waals surface area contributed by atoms with Crippen molar-refractivity contribution in [3.8, 4) is 0 Å². The van der Waals surface area contributed by atoms with Crippen LogP contribution in [-0.2, 0) is 13.1 Å². The highest BCUT2D eigenvalue weighted by atomic mass is 16.4. The van der Waals surface area contributed by atoms with Gasteiger partial charge < -0.3 is 9.67 Å². The lowest BCUT2D eigenvalue weighted by atomic mass is 9.97. The number of aromatic carboxylic acids is 1. The van der Waals surface area contributed by atoms with Crippen LogP contribution in [0.25, 0.3) is 0 Å². The van der Waals surface area contributed by atoms with Gasteiger partial charge in [0.1, 0.15) is 0 Å². The summed E-state index contributed by atoms with van der Waals surface area (Å²) in [5, 5.41) is 9.29. The second-order valence-electron chi connectivity index (χ2n) is 5.97. The summed E-state index contributed by atoms with van der Waals surface area (Å²) in [7, 11) is 0. The normalized spacial score (nSPS) is 19.2. The highest BCUT2D eigenvalue weighted by molar-refractivity contribution is 5.89. The number of aromatic nitrogens is 2. The maximum atomic E-state index is 11.3. The molecule has 0 spiro atoms. The van der Waals surface area contributed by atoms with E-state index in [9.17, 15) is 9.90 Å². The molecule has 1 saturated heterocycles. The lowest BCUT2D eigenvalue weighted by molar-refractivity contribution is 0.0693. The molecular formula is C17H21N3O2. The molecule has 22 heavy (non-hydrogen) atoms. The number of carbonyl (C=O) groups is 1. The Hall–Kier alpha value is -2.14. The summed E-state index contributed by atoms with van der Waals surface area (Å²) in [6.07, 6.45) is 8.05. The smallest absolute Gasteiger partial charge is 0.336 e. The summed E-state index contributed by atoms with van der Waals surface area (Å²) in [6, 6.07) is 7.30. The van der Waals surface area contributed by atoms with Crippen LogP contribution in [0.1, 0.15) is 28.8 Å². The summed E-state index contributed by atoms with van der Waals surface area (Å²) in [4.78, 5) is 17.8. The van der Waals surface area contributed by atoms with Crippen molar-refractivity contribution in [2.24, 2.45) is 5.92 Å². The molecule has 2 aromatic rings. The molecule has 1 N–H and O–H groups in total. The average Bonchev–Trinajstić information content (AvgIpc) is 3.01. The molecule has 1 aliphatic heterocycles. The fraction of sp³-hybridized carbons (Fsp3) is 0.412. The first-order chi connectivity index (χ1) is 10.7. The zero-order valence-electron chi connectivity index (χ0n) is 12.6. The average molecular weight is 299 g/mol. The fourth-order valence-corrected chi connectivity index (χ4v) is 3.24. The monoisotopic (exact) mass is 299 g/mol. The van der Waals surface area contributed by atoms with Crippen LogP contribution in [-0.4, -0.2) is 38.6 Å². The van der Waals surface area contributed by atoms with Gasteiger partial charge in [-0.2, -0.15) is 0 Å². The molecule has 0 aliphatic carbocycles. The van der Waals surface area contributed by atoms with E-state index in [2.05, 4.69) is 14.5 Å². The molecule has 0 radical (unpaired) electrons. The van der Waals surface area contributed by atoms with Gasteiger partial charge in [-0.1, -0.05) is 18.2 Å². The number of carboxylic acid groups (broad SMARTS) is 1. The first kappa shape index (κ1) is 14.8. The number of likely N-dealkylation sites (tertiary alicyclic amines) is 1. The largest absolute Gasteiger partial charge is 0.478 e. The van der Waals surface area contributed by atoms with Crippen molar-refractivity contribution >= 4 is 5.97 Å². The molecule has 2 heterocycles. The Balaban J connectivity index is 1.64. The summed E-state index contributed by atoms with van der Waals surface area (Å²) < 4.78 is 2.12. The summed E-state index contributed by atoms with van der Waals surface area (Å²) >= 11 is 0. The third-order valence-electron chi connectivity index (χ3n) is 4.27. The molecule has 5 heteroatoms. The Morgan fingerprint density at radius 1 is 1.36 bits per heavy atom. The Kier molecular flexibility index (Phi) is 4.53. The van der Waals surface area contributed by atoms with Gasteiger partial charge in [0.05, 0.1) is 11.9 Å². The minimum Gasteiger partial charge on any atom is -0.478 e. The number of imidazole rings is 1. The first-order valence-corrected chi connectivity index (χ1v) is 7.71. The van der Waals surface area contributed by atoms with E-state index in [1.807, 2.05) is 30.9 Å². The molecular weight excluding hydrogens is 278 g/mol. The van der Waals surface area contributed by atoms with Crippen molar-refractivity contribution in [1.29, 1.82) is 0 Å². The predicted molar refractivity (Wildman–Crippen MR) is 83.6 cm³/mol. The van der Waals surface area contributed by atoms with Crippen molar-refractivity contribution in [2.45, 2.75) is 25.9 Å². The standard InChI is InChI=1S/C17H21N3O2/c21-17(22)16-6-2-1-5-15(16)12-19-8-3-4-14(10-19)11-20-9-7-18-13-20/h1-2,5-7,9,13-14H,3-4,8,10-12H2,(H,21,22)/t14-/m1/s1. The molecule has 0 amide bonds. The van der Waals surface area contributed by atoms with Gasteiger partial charge in [0.25, 0.3) is 0 Å². The fourth-order valence-electron chi connectivity index (χ4n) is 3.24. The Bertz CT molecular complexity index is 625. The summed E-state index contributed by atoms with van der Waals surface area (Å²) in [5.74, 6) is -0.248. The van der Waals surface area contributed by atoms with Gasteiger partial charge in [-0.15, -0.1) is 0 Å². The van der Waals surface area contributed by atoms with Crippen molar-refractivity contribution in [3.63, 3.8) is 0 Å². The van der Waals surface area contributed by atoms with Gasteiger partial charge >= 0.3 is 5.97 Å². The lowest BCUT2D eigenvalue weighted by Crippen LogP contribution is -2.36. The Morgan fingerprint density at radius 3 is 3.00 bits per heavy atom. The molecule has 0 unspecified atom stereocenters. The number of hydrogen-bond acceptors (Lipinski definition) is 3. The van der Waals surface area contributed by atoms with E-state index >= 15 is 0 Å². The molecule has 5 nitrogen and oxygen atoms in total. The molecule has 1 aromatic carbocycles. The second kappa shape index (κ2) is 6.75. The zero-order valence-corrected chi connectivity index (χ0v) is 12.6. The zero-order chi connectivity index (χ0) is 15.4. The first-order valence-electron chi connectivity index (χ1n) is 7.71. The van der Waals surface area contributed by atoms with Crippen molar-refractivity contribution < 1.29 is 9.90 Å². The van der Waals surface area contributed by atoms with E-state index in [0.29, 0.717) is 18.0 Å². The van der Waals surface area contributed by atoms with Crippen LogP contribution >= 0.6 is 0 Å². The molecule has 1 atom stereocenters. The van der Waals surface area contributed by atoms with Crippen molar-refractivity contribution in [1.82, 2.24) is 14.5 Å². The van der Waals surface area contributed by atoms with E-state index in [1.165, 1.54) is 6.42 Å². The van der Waals surface area contributed by atoms with Gasteiger partial charge in [0.15, 0.2) is 0 Å². The molecule has 1 fully saturated rings. The molecule has 0 saturated carbocycles. The van der Waals surface area contributed by atoms with E-state index < -0.39 is 5.97 Å². The van der Waals surface area contributed by atoms with Gasteiger partial charge in [-0.25, -0.2) is 9.78 Å². The van der Waals surface area contributed by atoms with Crippen LogP contribution in [0.3, 0.4) is 0 Å². The third-order valence-corrected chi connectivity index (χ3v) is 4.27. The molecule has 1 aromatic heterocycles. The van der Waals surface area contributed by atoms with Gasteiger partial charge in [-0.3, -0.25) is 4.90 Å². The Morgan fingerprint density at radius 2 is 2.23 bits per heavy atom. The van der Waals surface area contributed by atoms with Crippen molar-refractivity contribution in [3.05, 3.63) is 54.1 Å². The van der Waals surface area contributed by atoms with Gasteiger partial charge in [0, 0.05) is 32.0 Å². The summed E-state index contributed by atoms with van der Waals surface area (Å²) in [5.41, 5.74) is 1.32. The van der Waals surface area contributed by atoms with Gasteiger partial charge in [0.2, 0.25) is 0 Å². The topological polar surface area (TPSA) is 58.4 Å². The third kappa shape index (κ3) is 3.54. The van der Waals surface area contributed by atoms with Crippen LogP contribution in [0.15, 0.2) is 43.0 Å². The van der Waals surface area contributed by atoms with Crippen LogP contribution in [0, 0.1) is 5.92 Å². The highest BCUT2D eigenvalue weighted by Gasteiger charge is 2.21. The number of benzene rings is 1. The quantitative estimate of drug-likeness (QED) is 0.921. The van der Waals surface area contributed by atoms with Crippen molar-refractivity contribution in [2.75, 3.05) is 13.1 Å². The number of hydrogen-bond donors (Lipinski definition) is 1. The van der Waals surface area contributed by atoms with Crippen LogP contribution in [0.5, 0.6) is 0 Å². The molecule has 116 valence electrons. The lowest BCUT2D eigenvalue weighted by Gasteiger charge is -2.33. The SMILES string of the molecule is O=C(O)c1ccccc1CN1CCC[C@@H](Cn2ccnc2)C1. The maximum absolute atomic E-state index is 11.3. The molecule has 1 aliphatic rings. The number of carboxylic acids is 1. The Labute approximate surface area is 130 Å². The van der Waals surface area contributed by atoms with E-state index in [4.69, 9.17) is 0 Å². The van der Waals surface area contributed by atoms with E-state index in [0.717, 1.165) is 31.6 Å². The number of nitrogens with zero attached hydrogens (tertiary/aromatic N) is 3. The second-order valence-corrected chi connectivity index (χ2v) is 5.97.